The maximum atomic E-state index is 12.6. The van der Waals surface area contributed by atoms with Gasteiger partial charge in [0.1, 0.15) is 5.75 Å². The quantitative estimate of drug-likeness (QED) is 0.593. The summed E-state index contributed by atoms with van der Waals surface area (Å²) in [4.78, 5) is 26.8. The second-order valence-electron chi connectivity index (χ2n) is 6.86. The van der Waals surface area contributed by atoms with Crippen molar-refractivity contribution in [3.8, 4) is 5.75 Å². The van der Waals surface area contributed by atoms with E-state index in [1.54, 1.807) is 38.1 Å². The van der Waals surface area contributed by atoms with Crippen molar-refractivity contribution in [2.24, 2.45) is 0 Å². The monoisotopic (exact) mass is 427 g/mol. The third kappa shape index (κ3) is 5.49. The van der Waals surface area contributed by atoms with Gasteiger partial charge in [0.05, 0.1) is 25.4 Å². The molecule has 0 radical (unpaired) electrons. The average molecular weight is 428 g/mol. The fraction of sp³-hybridized carbons (Fsp3) is 0.217. The summed E-state index contributed by atoms with van der Waals surface area (Å²) in [5.41, 5.74) is 1.35. The average Bonchev–Trinajstić information content (AvgIpc) is 2.73. The fourth-order valence-corrected chi connectivity index (χ4v) is 3.07. The standard InChI is InChI=1S/C23H25N3O3.ClH/c1-16(23(28)25-20-12-6-7-14-21(20)29-3)26(2)15-22(27)24-19-13-8-10-17-9-4-5-11-18(17)19;/h4-14,16H,15H2,1-3H3,(H,24,27)(H,25,28);1H. The smallest absolute Gasteiger partial charge is 0.241 e. The van der Waals surface area contributed by atoms with E-state index in [2.05, 4.69) is 10.6 Å². The third-order valence-electron chi connectivity index (χ3n) is 4.86. The predicted molar refractivity (Wildman–Crippen MR) is 124 cm³/mol. The molecular formula is C23H26ClN3O3. The molecule has 7 heteroatoms. The number of nitrogens with zero attached hydrogens (tertiary/aromatic N) is 1. The second kappa shape index (κ2) is 10.6. The highest BCUT2D eigenvalue weighted by atomic mass is 35.5. The van der Waals surface area contributed by atoms with E-state index in [-0.39, 0.29) is 30.8 Å². The van der Waals surface area contributed by atoms with Gasteiger partial charge < -0.3 is 15.4 Å². The van der Waals surface area contributed by atoms with Crippen molar-refractivity contribution in [2.75, 3.05) is 31.3 Å². The molecule has 2 N–H and O–H groups in total. The molecule has 3 rings (SSSR count). The summed E-state index contributed by atoms with van der Waals surface area (Å²) in [5.74, 6) is 0.195. The minimum Gasteiger partial charge on any atom is -0.495 e. The van der Waals surface area contributed by atoms with Crippen LogP contribution in [-0.2, 0) is 9.59 Å². The van der Waals surface area contributed by atoms with Gasteiger partial charge in [0.25, 0.3) is 0 Å². The number of methoxy groups -OCH3 is 1. The zero-order valence-corrected chi connectivity index (χ0v) is 18.0. The number of halogens is 1. The number of carbonyl (C=O) groups excluding carboxylic acids is 2. The van der Waals surface area contributed by atoms with E-state index >= 15 is 0 Å². The molecule has 2 amide bonds. The zero-order chi connectivity index (χ0) is 20.8. The molecular weight excluding hydrogens is 402 g/mol. The largest absolute Gasteiger partial charge is 0.495 e. The van der Waals surface area contributed by atoms with E-state index in [1.807, 2.05) is 54.6 Å². The molecule has 158 valence electrons. The molecule has 0 aliphatic carbocycles. The van der Waals surface area contributed by atoms with Crippen LogP contribution in [0.5, 0.6) is 5.75 Å². The summed E-state index contributed by atoms with van der Waals surface area (Å²) >= 11 is 0. The van der Waals surface area contributed by atoms with Crippen LogP contribution < -0.4 is 15.4 Å². The van der Waals surface area contributed by atoms with E-state index in [9.17, 15) is 9.59 Å². The van der Waals surface area contributed by atoms with Gasteiger partial charge in [0.15, 0.2) is 0 Å². The van der Waals surface area contributed by atoms with E-state index in [4.69, 9.17) is 4.74 Å². The maximum Gasteiger partial charge on any atom is 0.241 e. The molecule has 3 aromatic carbocycles. The predicted octanol–water partition coefficient (Wildman–Crippen LogP) is 4.17. The molecule has 0 saturated carbocycles. The third-order valence-corrected chi connectivity index (χ3v) is 4.86. The van der Waals surface area contributed by atoms with E-state index in [0.29, 0.717) is 11.4 Å². The molecule has 0 aliphatic heterocycles. The van der Waals surface area contributed by atoms with Gasteiger partial charge in [-0.25, -0.2) is 0 Å². The van der Waals surface area contributed by atoms with Crippen LogP contribution in [0.2, 0.25) is 0 Å². The summed E-state index contributed by atoms with van der Waals surface area (Å²) in [5, 5.41) is 7.84. The van der Waals surface area contributed by atoms with Crippen LogP contribution in [0.3, 0.4) is 0 Å². The number of likely N-dealkylation sites (N-methyl/N-ethyl adjacent to an activating group) is 1. The Labute approximate surface area is 182 Å². The first kappa shape index (κ1) is 23.2. The molecule has 6 nitrogen and oxygen atoms in total. The number of amides is 2. The van der Waals surface area contributed by atoms with Crippen molar-refractivity contribution in [3.05, 3.63) is 66.7 Å². The van der Waals surface area contributed by atoms with Gasteiger partial charge in [-0.05, 0) is 37.6 Å². The number of anilines is 2. The second-order valence-corrected chi connectivity index (χ2v) is 6.86. The Morgan fingerprint density at radius 1 is 0.933 bits per heavy atom. The van der Waals surface area contributed by atoms with Crippen LogP contribution in [0.4, 0.5) is 11.4 Å². The summed E-state index contributed by atoms with van der Waals surface area (Å²) in [6.07, 6.45) is 0. The van der Waals surface area contributed by atoms with Gasteiger partial charge in [-0.1, -0.05) is 48.5 Å². The van der Waals surface area contributed by atoms with Crippen LogP contribution in [0.25, 0.3) is 10.8 Å². The van der Waals surface area contributed by atoms with Gasteiger partial charge in [-0.2, -0.15) is 0 Å². The van der Waals surface area contributed by atoms with Crippen LogP contribution in [0, 0.1) is 0 Å². The Balaban J connectivity index is 0.00000320. The summed E-state index contributed by atoms with van der Waals surface area (Å²) in [6, 6.07) is 20.4. The van der Waals surface area contributed by atoms with Gasteiger partial charge in [0, 0.05) is 11.1 Å². The Kier molecular flexibility index (Phi) is 8.21. The highest BCUT2D eigenvalue weighted by molar-refractivity contribution is 6.03. The summed E-state index contributed by atoms with van der Waals surface area (Å²) in [7, 11) is 3.30. The van der Waals surface area contributed by atoms with Crippen molar-refractivity contribution >= 4 is 46.4 Å². The lowest BCUT2D eigenvalue weighted by Gasteiger charge is -2.23. The van der Waals surface area contributed by atoms with Gasteiger partial charge >= 0.3 is 0 Å². The van der Waals surface area contributed by atoms with Crippen molar-refractivity contribution in [3.63, 3.8) is 0 Å². The van der Waals surface area contributed by atoms with Crippen molar-refractivity contribution in [1.29, 1.82) is 0 Å². The summed E-state index contributed by atoms with van der Waals surface area (Å²) in [6.45, 7) is 1.85. The normalized spacial score (nSPS) is 11.5. The number of hydrogen-bond donors (Lipinski definition) is 2. The molecule has 0 aromatic heterocycles. The van der Waals surface area contributed by atoms with Gasteiger partial charge in [0.2, 0.25) is 11.8 Å². The Morgan fingerprint density at radius 2 is 1.57 bits per heavy atom. The lowest BCUT2D eigenvalue weighted by Crippen LogP contribution is -2.43. The number of hydrogen-bond acceptors (Lipinski definition) is 4. The molecule has 0 aliphatic rings. The van der Waals surface area contributed by atoms with Gasteiger partial charge in [-0.15, -0.1) is 12.4 Å². The summed E-state index contributed by atoms with van der Waals surface area (Å²) < 4.78 is 5.26. The SMILES string of the molecule is COc1ccccc1NC(=O)C(C)N(C)CC(=O)Nc1cccc2ccccc12.Cl. The molecule has 0 spiro atoms. The number of ether oxygens (including phenoxy) is 1. The van der Waals surface area contributed by atoms with Crippen LogP contribution in [0.15, 0.2) is 66.7 Å². The molecule has 0 bridgehead atoms. The highest BCUT2D eigenvalue weighted by Crippen LogP contribution is 2.24. The number of para-hydroxylation sites is 2. The highest BCUT2D eigenvalue weighted by Gasteiger charge is 2.21. The van der Waals surface area contributed by atoms with Crippen LogP contribution >= 0.6 is 12.4 Å². The molecule has 0 fully saturated rings. The number of fused-ring (bicyclic) bond motifs is 1. The van der Waals surface area contributed by atoms with Gasteiger partial charge in [-0.3, -0.25) is 14.5 Å². The maximum absolute atomic E-state index is 12.6. The molecule has 30 heavy (non-hydrogen) atoms. The minimum atomic E-state index is -0.502. The minimum absolute atomic E-state index is 0. The van der Waals surface area contributed by atoms with Crippen molar-refractivity contribution in [1.82, 2.24) is 4.90 Å². The molecule has 1 atom stereocenters. The van der Waals surface area contributed by atoms with Crippen molar-refractivity contribution < 1.29 is 14.3 Å². The Bertz CT molecular complexity index is 1020. The first-order valence-corrected chi connectivity index (χ1v) is 9.41. The lowest BCUT2D eigenvalue weighted by atomic mass is 10.1. The number of benzene rings is 3. The Hall–Kier alpha value is -3.09. The molecule has 3 aromatic rings. The van der Waals surface area contributed by atoms with E-state index in [1.165, 1.54) is 0 Å². The lowest BCUT2D eigenvalue weighted by molar-refractivity contribution is -0.122. The number of carbonyl (C=O) groups is 2. The molecule has 1 unspecified atom stereocenters. The number of nitrogens with one attached hydrogen (secondary N) is 2. The van der Waals surface area contributed by atoms with E-state index < -0.39 is 6.04 Å². The van der Waals surface area contributed by atoms with Crippen molar-refractivity contribution in [2.45, 2.75) is 13.0 Å². The first-order chi connectivity index (χ1) is 14.0. The first-order valence-electron chi connectivity index (χ1n) is 9.41. The number of rotatable bonds is 7. The zero-order valence-electron chi connectivity index (χ0n) is 17.2. The van der Waals surface area contributed by atoms with Crippen LogP contribution in [0.1, 0.15) is 6.92 Å². The van der Waals surface area contributed by atoms with Crippen LogP contribution in [-0.4, -0.2) is 43.5 Å². The Morgan fingerprint density at radius 3 is 2.33 bits per heavy atom. The molecule has 0 saturated heterocycles. The van der Waals surface area contributed by atoms with E-state index in [0.717, 1.165) is 16.5 Å². The fourth-order valence-electron chi connectivity index (χ4n) is 3.07. The molecule has 0 heterocycles. The topological polar surface area (TPSA) is 70.7 Å².